The fourth-order valence-corrected chi connectivity index (χ4v) is 1.30. The summed E-state index contributed by atoms with van der Waals surface area (Å²) in [5.74, 6) is -1.41. The molecule has 1 aliphatic carbocycles. The normalized spacial score (nSPS) is 16.8. The van der Waals surface area contributed by atoms with Gasteiger partial charge in [-0.15, -0.1) is 0 Å². The minimum atomic E-state index is -1.05. The Balaban J connectivity index is 2.08. The molecule has 0 aromatic carbocycles. The van der Waals surface area contributed by atoms with Crippen molar-refractivity contribution < 1.29 is 14.7 Å². The predicted molar refractivity (Wildman–Crippen MR) is 51.3 cm³/mol. The first kappa shape index (κ1) is 9.64. The lowest BCUT2D eigenvalue weighted by Crippen LogP contribution is -2.43. The van der Waals surface area contributed by atoms with Crippen molar-refractivity contribution in [2.24, 2.45) is 0 Å². The first-order chi connectivity index (χ1) is 7.14. The van der Waals surface area contributed by atoms with Crippen LogP contribution in [0.15, 0.2) is 24.4 Å². The number of hydrogen-bond donors (Lipinski definition) is 2. The maximum absolute atomic E-state index is 11.6. The number of aromatic nitrogens is 1. The van der Waals surface area contributed by atoms with E-state index in [4.69, 9.17) is 5.11 Å². The summed E-state index contributed by atoms with van der Waals surface area (Å²) in [6, 6.07) is 4.93. The van der Waals surface area contributed by atoms with Gasteiger partial charge in [-0.3, -0.25) is 9.78 Å². The number of amides is 1. The van der Waals surface area contributed by atoms with Crippen molar-refractivity contribution in [3.8, 4) is 0 Å². The van der Waals surface area contributed by atoms with Crippen LogP contribution in [0, 0.1) is 0 Å². The van der Waals surface area contributed by atoms with E-state index < -0.39 is 17.4 Å². The Hall–Kier alpha value is -1.91. The summed E-state index contributed by atoms with van der Waals surface area (Å²) in [4.78, 5) is 26.2. The molecule has 1 aromatic rings. The van der Waals surface area contributed by atoms with Gasteiger partial charge in [0.1, 0.15) is 11.2 Å². The number of nitrogens with zero attached hydrogens (tertiary/aromatic N) is 1. The maximum atomic E-state index is 11.6. The van der Waals surface area contributed by atoms with Crippen LogP contribution in [0.2, 0.25) is 0 Å². The van der Waals surface area contributed by atoms with Crippen LogP contribution in [0.4, 0.5) is 0 Å². The van der Waals surface area contributed by atoms with E-state index in [1.54, 1.807) is 18.2 Å². The van der Waals surface area contributed by atoms with Crippen molar-refractivity contribution in [3.05, 3.63) is 30.1 Å². The molecular weight excluding hydrogens is 196 g/mol. The second-order valence-corrected chi connectivity index (χ2v) is 3.56. The Labute approximate surface area is 86.1 Å². The fraction of sp³-hybridized carbons (Fsp3) is 0.300. The zero-order valence-corrected chi connectivity index (χ0v) is 7.93. The monoisotopic (exact) mass is 206 g/mol. The minimum Gasteiger partial charge on any atom is -0.480 e. The lowest BCUT2D eigenvalue weighted by molar-refractivity contribution is -0.140. The van der Waals surface area contributed by atoms with E-state index in [1.165, 1.54) is 6.20 Å². The van der Waals surface area contributed by atoms with Gasteiger partial charge < -0.3 is 10.4 Å². The summed E-state index contributed by atoms with van der Waals surface area (Å²) in [6.45, 7) is 0. The summed E-state index contributed by atoms with van der Waals surface area (Å²) in [5, 5.41) is 11.3. The van der Waals surface area contributed by atoms with E-state index >= 15 is 0 Å². The Kier molecular flexibility index (Phi) is 2.15. The Morgan fingerprint density at radius 3 is 2.60 bits per heavy atom. The van der Waals surface area contributed by atoms with E-state index in [9.17, 15) is 9.59 Å². The van der Waals surface area contributed by atoms with E-state index in [0.29, 0.717) is 12.8 Å². The summed E-state index contributed by atoms with van der Waals surface area (Å²) in [5.41, 5.74) is -0.806. The summed E-state index contributed by atoms with van der Waals surface area (Å²) in [7, 11) is 0. The van der Waals surface area contributed by atoms with Crippen LogP contribution in [0.1, 0.15) is 23.3 Å². The van der Waals surface area contributed by atoms with Crippen LogP contribution in [0.5, 0.6) is 0 Å². The molecule has 5 heteroatoms. The molecule has 2 N–H and O–H groups in total. The standard InChI is InChI=1S/C10H10N2O3/c13-8(7-3-1-2-6-11-7)12-10(4-5-10)9(14)15/h1-3,6H,4-5H2,(H,12,13)(H,14,15). The van der Waals surface area contributed by atoms with E-state index in [0.717, 1.165) is 0 Å². The first-order valence-electron chi connectivity index (χ1n) is 4.61. The molecule has 15 heavy (non-hydrogen) atoms. The average Bonchev–Trinajstić information content (AvgIpc) is 3.00. The Morgan fingerprint density at radius 2 is 2.13 bits per heavy atom. The number of carbonyl (C=O) groups is 2. The first-order valence-corrected chi connectivity index (χ1v) is 4.61. The van der Waals surface area contributed by atoms with Gasteiger partial charge >= 0.3 is 5.97 Å². The molecule has 78 valence electrons. The quantitative estimate of drug-likeness (QED) is 0.751. The molecular formula is C10H10N2O3. The van der Waals surface area contributed by atoms with Gasteiger partial charge in [0.15, 0.2) is 0 Å². The van der Waals surface area contributed by atoms with E-state index in [-0.39, 0.29) is 5.69 Å². The molecule has 1 aliphatic rings. The lowest BCUT2D eigenvalue weighted by Gasteiger charge is -2.11. The number of carboxylic acid groups (broad SMARTS) is 1. The Bertz CT molecular complexity index is 398. The number of aliphatic carboxylic acids is 1. The van der Waals surface area contributed by atoms with Gasteiger partial charge in [0, 0.05) is 6.20 Å². The minimum absolute atomic E-state index is 0.241. The number of carbonyl (C=O) groups excluding carboxylic acids is 1. The second kappa shape index (κ2) is 3.34. The number of rotatable bonds is 3. The van der Waals surface area contributed by atoms with Gasteiger partial charge in [-0.2, -0.15) is 0 Å². The third-order valence-corrected chi connectivity index (χ3v) is 2.41. The highest BCUT2D eigenvalue weighted by Crippen LogP contribution is 2.35. The Morgan fingerprint density at radius 1 is 1.40 bits per heavy atom. The molecule has 1 saturated carbocycles. The summed E-state index contributed by atoms with van der Waals surface area (Å²) < 4.78 is 0. The third-order valence-electron chi connectivity index (χ3n) is 2.41. The highest BCUT2D eigenvalue weighted by molar-refractivity contribution is 5.97. The number of hydrogen-bond acceptors (Lipinski definition) is 3. The SMILES string of the molecule is O=C(NC1(C(=O)O)CC1)c1ccccn1. The van der Waals surface area contributed by atoms with Crippen molar-refractivity contribution in [2.75, 3.05) is 0 Å². The van der Waals surface area contributed by atoms with Crippen LogP contribution >= 0.6 is 0 Å². The molecule has 5 nitrogen and oxygen atoms in total. The second-order valence-electron chi connectivity index (χ2n) is 3.56. The predicted octanol–water partition coefficient (Wildman–Crippen LogP) is 0.429. The highest BCUT2D eigenvalue weighted by Gasteiger charge is 2.51. The van der Waals surface area contributed by atoms with Crippen LogP contribution in [-0.4, -0.2) is 27.5 Å². The molecule has 1 heterocycles. The molecule has 1 aromatic heterocycles. The zero-order chi connectivity index (χ0) is 10.9. The smallest absolute Gasteiger partial charge is 0.329 e. The zero-order valence-electron chi connectivity index (χ0n) is 7.93. The molecule has 0 radical (unpaired) electrons. The molecule has 0 aliphatic heterocycles. The van der Waals surface area contributed by atoms with Gasteiger partial charge in [0.25, 0.3) is 5.91 Å². The molecule has 0 atom stereocenters. The summed E-state index contributed by atoms with van der Waals surface area (Å²) >= 11 is 0. The van der Waals surface area contributed by atoms with Crippen molar-refractivity contribution in [1.29, 1.82) is 0 Å². The maximum Gasteiger partial charge on any atom is 0.329 e. The topological polar surface area (TPSA) is 79.3 Å². The number of pyridine rings is 1. The van der Waals surface area contributed by atoms with Crippen LogP contribution < -0.4 is 5.32 Å². The van der Waals surface area contributed by atoms with Crippen molar-refractivity contribution >= 4 is 11.9 Å². The van der Waals surface area contributed by atoms with Crippen LogP contribution in [0.3, 0.4) is 0 Å². The molecule has 1 fully saturated rings. The van der Waals surface area contributed by atoms with Crippen LogP contribution in [-0.2, 0) is 4.79 Å². The van der Waals surface area contributed by atoms with Gasteiger partial charge in [0.05, 0.1) is 0 Å². The molecule has 0 bridgehead atoms. The average molecular weight is 206 g/mol. The van der Waals surface area contributed by atoms with Crippen molar-refractivity contribution in [3.63, 3.8) is 0 Å². The molecule has 0 saturated heterocycles. The summed E-state index contributed by atoms with van der Waals surface area (Å²) in [6.07, 6.45) is 2.47. The van der Waals surface area contributed by atoms with Crippen molar-refractivity contribution in [2.45, 2.75) is 18.4 Å². The van der Waals surface area contributed by atoms with Crippen LogP contribution in [0.25, 0.3) is 0 Å². The molecule has 0 unspecified atom stereocenters. The third kappa shape index (κ3) is 1.81. The van der Waals surface area contributed by atoms with Gasteiger partial charge in [-0.25, -0.2) is 4.79 Å². The molecule has 0 spiro atoms. The van der Waals surface area contributed by atoms with Crippen molar-refractivity contribution in [1.82, 2.24) is 10.3 Å². The van der Waals surface area contributed by atoms with Gasteiger partial charge in [0.2, 0.25) is 0 Å². The fourth-order valence-electron chi connectivity index (χ4n) is 1.30. The largest absolute Gasteiger partial charge is 0.480 e. The highest BCUT2D eigenvalue weighted by atomic mass is 16.4. The van der Waals surface area contributed by atoms with E-state index in [1.807, 2.05) is 0 Å². The molecule has 2 rings (SSSR count). The number of carboxylic acids is 1. The van der Waals surface area contributed by atoms with Gasteiger partial charge in [-0.05, 0) is 25.0 Å². The van der Waals surface area contributed by atoms with Gasteiger partial charge in [-0.1, -0.05) is 6.07 Å². The lowest BCUT2D eigenvalue weighted by atomic mass is 10.2. The number of nitrogens with one attached hydrogen (secondary N) is 1. The van der Waals surface area contributed by atoms with E-state index in [2.05, 4.69) is 10.3 Å². The molecule has 1 amide bonds.